The highest BCUT2D eigenvalue weighted by Gasteiger charge is 2.37. The van der Waals surface area contributed by atoms with E-state index >= 15 is 0 Å². The largest absolute Gasteiger partial charge is 0.449 e. The first-order valence-corrected chi connectivity index (χ1v) is 13.6. The predicted molar refractivity (Wildman–Crippen MR) is 144 cm³/mol. The Morgan fingerprint density at radius 3 is 2.62 bits per heavy atom. The van der Waals surface area contributed by atoms with E-state index in [0.717, 1.165) is 66.7 Å². The molecule has 3 heterocycles. The lowest BCUT2D eigenvalue weighted by Gasteiger charge is -2.20. The summed E-state index contributed by atoms with van der Waals surface area (Å²) < 4.78 is 39.5. The van der Waals surface area contributed by atoms with Gasteiger partial charge in [0.15, 0.2) is 6.17 Å². The zero-order chi connectivity index (χ0) is 27.1. The zero-order valence-corrected chi connectivity index (χ0v) is 21.5. The van der Waals surface area contributed by atoms with Crippen LogP contribution in [0.4, 0.5) is 30.2 Å². The van der Waals surface area contributed by atoms with Crippen LogP contribution in [0.3, 0.4) is 0 Å². The quantitative estimate of drug-likeness (QED) is 0.323. The Morgan fingerprint density at radius 1 is 1.08 bits per heavy atom. The average molecular weight is 541 g/mol. The minimum Gasteiger partial charge on any atom is -0.382 e. The summed E-state index contributed by atoms with van der Waals surface area (Å²) in [6.07, 6.45) is -1.24. The van der Waals surface area contributed by atoms with E-state index in [1.54, 1.807) is 0 Å². The highest BCUT2D eigenvalue weighted by Crippen LogP contribution is 2.39. The molecule has 3 N–H and O–H groups in total. The number of Topliss-reactive ketones (excluding diaryl/α,β-unsaturated/α-hetero) is 1. The van der Waals surface area contributed by atoms with Gasteiger partial charge < -0.3 is 15.5 Å². The van der Waals surface area contributed by atoms with E-state index in [0.29, 0.717) is 24.0 Å². The molecule has 1 atom stereocenters. The summed E-state index contributed by atoms with van der Waals surface area (Å²) in [4.78, 5) is 32.0. The Kier molecular flexibility index (Phi) is 6.70. The second kappa shape index (κ2) is 10.2. The van der Waals surface area contributed by atoms with Gasteiger partial charge in [-0.3, -0.25) is 19.5 Å². The highest BCUT2D eigenvalue weighted by atomic mass is 19.4. The second-order valence-electron chi connectivity index (χ2n) is 10.6. The first-order valence-electron chi connectivity index (χ1n) is 13.6. The molecule has 1 amide bonds. The number of nitrogens with zero attached hydrogens (tertiary/aromatic N) is 3. The van der Waals surface area contributed by atoms with Crippen molar-refractivity contribution < 1.29 is 22.8 Å². The van der Waals surface area contributed by atoms with Crippen molar-refractivity contribution in [1.29, 1.82) is 0 Å². The maximum absolute atomic E-state index is 13.5. The molecule has 206 valence electrons. The third-order valence-electron chi connectivity index (χ3n) is 7.60. The Morgan fingerprint density at radius 2 is 1.87 bits per heavy atom. The molecule has 39 heavy (non-hydrogen) atoms. The smallest absolute Gasteiger partial charge is 0.382 e. The van der Waals surface area contributed by atoms with E-state index in [9.17, 15) is 22.8 Å². The van der Waals surface area contributed by atoms with Crippen molar-refractivity contribution in [3.8, 4) is 11.4 Å². The van der Waals surface area contributed by atoms with Gasteiger partial charge in [-0.2, -0.15) is 13.2 Å². The van der Waals surface area contributed by atoms with E-state index in [1.807, 2.05) is 28.8 Å². The molecule has 1 saturated carbocycles. The lowest BCUT2D eigenvalue weighted by Crippen LogP contribution is -2.37. The van der Waals surface area contributed by atoms with Crippen molar-refractivity contribution >= 4 is 39.8 Å². The van der Waals surface area contributed by atoms with Gasteiger partial charge >= 0.3 is 6.18 Å². The Hall–Kier alpha value is -3.60. The van der Waals surface area contributed by atoms with Crippen LogP contribution in [0.2, 0.25) is 0 Å². The molecule has 1 aliphatic carbocycles. The molecule has 3 aliphatic rings. The minimum absolute atomic E-state index is 0.0762. The number of fused-ring (bicyclic) bond motifs is 5. The fraction of sp³-hybridized carbons (Fsp3) is 0.464. The number of carbonyl (C=O) groups is 2. The van der Waals surface area contributed by atoms with Crippen LogP contribution < -0.4 is 20.9 Å². The third-order valence-corrected chi connectivity index (χ3v) is 7.60. The van der Waals surface area contributed by atoms with Crippen LogP contribution in [0.15, 0.2) is 36.4 Å². The summed E-state index contributed by atoms with van der Waals surface area (Å²) in [5, 5.41) is 9.72. The van der Waals surface area contributed by atoms with Crippen molar-refractivity contribution in [3.63, 3.8) is 0 Å². The molecule has 1 aromatic heterocycles. The van der Waals surface area contributed by atoms with Gasteiger partial charge in [0.25, 0.3) is 5.91 Å². The van der Waals surface area contributed by atoms with Crippen LogP contribution in [0, 0.1) is 0 Å². The molecule has 6 rings (SSSR count). The number of rotatable bonds is 9. The van der Waals surface area contributed by atoms with Gasteiger partial charge in [-0.05, 0) is 81.5 Å². The molecule has 0 bridgehead atoms. The summed E-state index contributed by atoms with van der Waals surface area (Å²) >= 11 is 0. The lowest BCUT2D eigenvalue weighted by atomic mass is 10.1. The molecule has 3 aromatic rings. The van der Waals surface area contributed by atoms with Gasteiger partial charge in [0.05, 0.1) is 16.7 Å². The summed E-state index contributed by atoms with van der Waals surface area (Å²) in [6.45, 7) is 2.27. The number of halogens is 3. The molecule has 2 aliphatic heterocycles. The van der Waals surface area contributed by atoms with E-state index in [4.69, 9.17) is 4.98 Å². The van der Waals surface area contributed by atoms with Crippen molar-refractivity contribution in [3.05, 3.63) is 36.4 Å². The van der Waals surface area contributed by atoms with E-state index in [1.165, 1.54) is 0 Å². The average Bonchev–Trinajstić information content (AvgIpc) is 3.42. The van der Waals surface area contributed by atoms with Crippen molar-refractivity contribution in [2.45, 2.75) is 63.3 Å². The predicted octanol–water partition coefficient (Wildman–Crippen LogP) is 5.22. The maximum atomic E-state index is 13.5. The summed E-state index contributed by atoms with van der Waals surface area (Å²) in [5.41, 5.74) is 5.08. The third kappa shape index (κ3) is 5.32. The number of amides is 1. The Balaban J connectivity index is 1.32. The van der Waals surface area contributed by atoms with Crippen LogP contribution in [0.1, 0.15) is 51.1 Å². The highest BCUT2D eigenvalue weighted by molar-refractivity contribution is 6.02. The number of anilines is 3. The van der Waals surface area contributed by atoms with Crippen LogP contribution in [-0.2, 0) is 9.59 Å². The Labute approximate surface area is 223 Å². The molecular weight excluding hydrogens is 509 g/mol. The van der Waals surface area contributed by atoms with Crippen LogP contribution in [0.5, 0.6) is 0 Å². The van der Waals surface area contributed by atoms with Crippen molar-refractivity contribution in [1.82, 2.24) is 14.9 Å². The van der Waals surface area contributed by atoms with Crippen LogP contribution >= 0.6 is 0 Å². The molecule has 2 aromatic carbocycles. The fourth-order valence-corrected chi connectivity index (χ4v) is 5.40. The first kappa shape index (κ1) is 25.7. The number of benzene rings is 2. The molecule has 2 fully saturated rings. The number of hydrogen-bond acceptors (Lipinski definition) is 6. The summed E-state index contributed by atoms with van der Waals surface area (Å²) in [7, 11) is 0. The first-order chi connectivity index (χ1) is 18.8. The number of alkyl halides is 3. The molecule has 0 spiro atoms. The topological polar surface area (TPSA) is 91.3 Å². The van der Waals surface area contributed by atoms with Crippen LogP contribution in [-0.4, -0.2) is 53.1 Å². The monoisotopic (exact) mass is 540 g/mol. The summed E-state index contributed by atoms with van der Waals surface area (Å²) in [5.74, 6) is -1.37. The SMILES string of the molecule is O=C1Nc2ccc(NC3CC3)cc2-c2nc3cc(N4CCCC4)ccc3n2C1NCCCCC(=O)C(F)(F)F. The van der Waals surface area contributed by atoms with Gasteiger partial charge in [0.2, 0.25) is 5.78 Å². The van der Waals surface area contributed by atoms with Gasteiger partial charge in [0.1, 0.15) is 5.82 Å². The van der Waals surface area contributed by atoms with Crippen molar-refractivity contribution in [2.75, 3.05) is 35.2 Å². The number of aromatic nitrogens is 2. The normalized spacial score (nSPS) is 19.0. The molecular formula is C28H31F3N6O2. The Bertz CT molecular complexity index is 1410. The van der Waals surface area contributed by atoms with E-state index in [-0.39, 0.29) is 18.9 Å². The number of nitrogens with one attached hydrogen (secondary N) is 3. The standard InChI is InChI=1S/C28H31F3N6O2/c29-28(30,31)24(38)5-1-2-12-32-26-27(39)35-21-10-8-18(33-17-6-7-17)15-20(21)25-34-22-16-19(36-13-3-4-14-36)9-11-23(22)37(25)26/h8-11,15-17,26,32-33H,1-7,12-14H2,(H,35,39). The zero-order valence-electron chi connectivity index (χ0n) is 21.5. The number of hydrogen-bond donors (Lipinski definition) is 3. The molecule has 8 nitrogen and oxygen atoms in total. The number of ketones is 1. The van der Waals surface area contributed by atoms with E-state index in [2.05, 4.69) is 33.0 Å². The molecule has 11 heteroatoms. The van der Waals surface area contributed by atoms with E-state index < -0.39 is 24.5 Å². The van der Waals surface area contributed by atoms with Gasteiger partial charge in [-0.25, -0.2) is 4.98 Å². The number of unbranched alkanes of at least 4 members (excludes halogenated alkanes) is 1. The molecule has 1 saturated heterocycles. The number of imidazole rings is 1. The lowest BCUT2D eigenvalue weighted by molar-refractivity contribution is -0.171. The summed E-state index contributed by atoms with van der Waals surface area (Å²) in [6, 6.07) is 12.4. The van der Waals surface area contributed by atoms with Gasteiger partial charge in [0, 0.05) is 42.5 Å². The second-order valence-corrected chi connectivity index (χ2v) is 10.6. The van der Waals surface area contributed by atoms with Gasteiger partial charge in [-0.1, -0.05) is 0 Å². The molecule has 0 radical (unpaired) electrons. The fourth-order valence-electron chi connectivity index (χ4n) is 5.40. The van der Waals surface area contributed by atoms with Gasteiger partial charge in [-0.15, -0.1) is 0 Å². The van der Waals surface area contributed by atoms with Crippen LogP contribution in [0.25, 0.3) is 22.4 Å². The maximum Gasteiger partial charge on any atom is 0.449 e. The minimum atomic E-state index is -4.81. The van der Waals surface area contributed by atoms with Crippen molar-refractivity contribution in [2.24, 2.45) is 0 Å². The molecule has 1 unspecified atom stereocenters. The number of carbonyl (C=O) groups excluding carboxylic acids is 2.